The van der Waals surface area contributed by atoms with Crippen molar-refractivity contribution in [2.24, 2.45) is 0 Å². The molecule has 1 aromatic heterocycles. The van der Waals surface area contributed by atoms with Crippen LogP contribution in [0.15, 0.2) is 41.0 Å². The van der Waals surface area contributed by atoms with Crippen molar-refractivity contribution in [1.29, 1.82) is 0 Å². The van der Waals surface area contributed by atoms with Gasteiger partial charge in [-0.05, 0) is 44.0 Å². The average Bonchev–Trinajstić information content (AvgIpc) is 3.07. The molecular weight excluding hydrogens is 280 g/mol. The van der Waals surface area contributed by atoms with Crippen molar-refractivity contribution in [2.75, 3.05) is 0 Å². The first-order valence-corrected chi connectivity index (χ1v) is 7.16. The van der Waals surface area contributed by atoms with Gasteiger partial charge in [-0.1, -0.05) is 23.8 Å². The summed E-state index contributed by atoms with van der Waals surface area (Å²) in [5, 5.41) is 2.73. The van der Waals surface area contributed by atoms with Crippen LogP contribution in [-0.2, 0) is 16.9 Å². The first-order chi connectivity index (χ1) is 10.4. The molecule has 3 amide bonds. The second-order valence-corrected chi connectivity index (χ2v) is 5.85. The highest BCUT2D eigenvalue weighted by Crippen LogP contribution is 2.30. The third-order valence-electron chi connectivity index (χ3n) is 4.12. The van der Waals surface area contributed by atoms with Gasteiger partial charge < -0.3 is 9.73 Å². The fraction of sp³-hybridized carbons (Fsp3) is 0.294. The predicted octanol–water partition coefficient (Wildman–Crippen LogP) is 2.86. The van der Waals surface area contributed by atoms with Crippen LogP contribution in [0, 0.1) is 13.8 Å². The number of nitrogens with zero attached hydrogens (tertiary/aromatic N) is 1. The number of aryl methyl sites for hydroxylation is 2. The van der Waals surface area contributed by atoms with Crippen LogP contribution < -0.4 is 5.32 Å². The van der Waals surface area contributed by atoms with E-state index in [9.17, 15) is 9.59 Å². The van der Waals surface area contributed by atoms with Crippen LogP contribution in [-0.4, -0.2) is 16.8 Å². The smallest absolute Gasteiger partial charge is 0.325 e. The zero-order chi connectivity index (χ0) is 15.9. The predicted molar refractivity (Wildman–Crippen MR) is 81.1 cm³/mol. The molecule has 0 radical (unpaired) electrons. The van der Waals surface area contributed by atoms with Crippen molar-refractivity contribution in [3.63, 3.8) is 0 Å². The van der Waals surface area contributed by atoms with Gasteiger partial charge >= 0.3 is 6.03 Å². The van der Waals surface area contributed by atoms with Crippen molar-refractivity contribution in [3.8, 4) is 0 Å². The highest BCUT2D eigenvalue weighted by molar-refractivity contribution is 6.06. The number of benzene rings is 1. The zero-order valence-electron chi connectivity index (χ0n) is 12.8. The van der Waals surface area contributed by atoms with E-state index in [1.807, 2.05) is 32.0 Å². The molecule has 1 atom stereocenters. The van der Waals surface area contributed by atoms with Gasteiger partial charge in [0.15, 0.2) is 5.54 Å². The minimum absolute atomic E-state index is 0.258. The van der Waals surface area contributed by atoms with E-state index in [-0.39, 0.29) is 12.5 Å². The highest BCUT2D eigenvalue weighted by Gasteiger charge is 2.50. The molecule has 114 valence electrons. The number of amides is 3. The van der Waals surface area contributed by atoms with Crippen LogP contribution in [0.5, 0.6) is 0 Å². The Bertz CT molecular complexity index is 736. The minimum atomic E-state index is -1.14. The summed E-state index contributed by atoms with van der Waals surface area (Å²) in [6.45, 7) is 5.88. The number of carbonyl (C=O) groups is 2. The Balaban J connectivity index is 1.91. The zero-order valence-corrected chi connectivity index (χ0v) is 12.8. The normalized spacial score (nSPS) is 21.3. The van der Waals surface area contributed by atoms with Gasteiger partial charge in [0.25, 0.3) is 5.91 Å². The number of carbonyl (C=O) groups excluding carboxylic acids is 2. The second-order valence-electron chi connectivity index (χ2n) is 5.85. The molecule has 22 heavy (non-hydrogen) atoms. The Hall–Kier alpha value is -2.56. The lowest BCUT2D eigenvalue weighted by Crippen LogP contribution is -2.40. The van der Waals surface area contributed by atoms with E-state index >= 15 is 0 Å². The van der Waals surface area contributed by atoms with Crippen molar-refractivity contribution in [1.82, 2.24) is 10.2 Å². The third-order valence-corrected chi connectivity index (χ3v) is 4.12. The van der Waals surface area contributed by atoms with Crippen molar-refractivity contribution in [3.05, 3.63) is 59.0 Å². The number of hydrogen-bond donors (Lipinski definition) is 1. The number of rotatable bonds is 3. The molecule has 1 aliphatic rings. The summed E-state index contributed by atoms with van der Waals surface area (Å²) in [7, 11) is 0. The van der Waals surface area contributed by atoms with E-state index in [0.29, 0.717) is 5.76 Å². The molecule has 3 rings (SSSR count). The number of hydrogen-bond acceptors (Lipinski definition) is 3. The quantitative estimate of drug-likeness (QED) is 0.886. The molecule has 1 saturated heterocycles. The molecular formula is C17H18N2O3. The van der Waals surface area contributed by atoms with Gasteiger partial charge in [-0.2, -0.15) is 0 Å². The van der Waals surface area contributed by atoms with Gasteiger partial charge in [0.05, 0.1) is 12.8 Å². The third kappa shape index (κ3) is 2.19. The molecule has 1 aliphatic heterocycles. The fourth-order valence-corrected chi connectivity index (χ4v) is 2.71. The molecule has 5 nitrogen and oxygen atoms in total. The van der Waals surface area contributed by atoms with E-state index < -0.39 is 11.6 Å². The molecule has 0 bridgehead atoms. The van der Waals surface area contributed by atoms with Crippen LogP contribution in [0.1, 0.15) is 29.4 Å². The number of imide groups is 1. The van der Waals surface area contributed by atoms with Gasteiger partial charge in [-0.25, -0.2) is 4.79 Å². The fourth-order valence-electron chi connectivity index (χ4n) is 2.71. The van der Waals surface area contributed by atoms with Gasteiger partial charge in [0, 0.05) is 0 Å². The molecule has 1 N–H and O–H groups in total. The van der Waals surface area contributed by atoms with Crippen LogP contribution in [0.3, 0.4) is 0 Å². The lowest BCUT2D eigenvalue weighted by molar-refractivity contribution is -0.132. The monoisotopic (exact) mass is 298 g/mol. The van der Waals surface area contributed by atoms with E-state index in [1.54, 1.807) is 19.1 Å². The number of nitrogens with one attached hydrogen (secondary N) is 1. The summed E-state index contributed by atoms with van der Waals surface area (Å²) < 4.78 is 5.32. The summed E-state index contributed by atoms with van der Waals surface area (Å²) in [6, 6.07) is 9.00. The maximum Gasteiger partial charge on any atom is 0.325 e. The summed E-state index contributed by atoms with van der Waals surface area (Å²) in [6.07, 6.45) is 1.49. The number of urea groups is 1. The molecule has 0 unspecified atom stereocenters. The summed E-state index contributed by atoms with van der Waals surface area (Å²) >= 11 is 0. The standard InChI is InChI=1S/C17H18N2O3/c1-11-6-7-12(2)13(9-11)10-19-15(20)17(3,18-16(19)21)14-5-4-8-22-14/h4-9H,10H2,1-3H3,(H,18,21)/t17-/m1/s1. The van der Waals surface area contributed by atoms with E-state index in [0.717, 1.165) is 16.7 Å². The Morgan fingerprint density at radius 2 is 2.00 bits per heavy atom. The Morgan fingerprint density at radius 3 is 2.68 bits per heavy atom. The Kier molecular flexibility index (Phi) is 3.28. The largest absolute Gasteiger partial charge is 0.466 e. The molecule has 0 saturated carbocycles. The molecule has 2 heterocycles. The molecule has 1 fully saturated rings. The van der Waals surface area contributed by atoms with Crippen molar-refractivity contribution in [2.45, 2.75) is 32.9 Å². The summed E-state index contributed by atoms with van der Waals surface area (Å²) in [5.74, 6) is 0.141. The maximum absolute atomic E-state index is 12.7. The highest BCUT2D eigenvalue weighted by atomic mass is 16.3. The lowest BCUT2D eigenvalue weighted by atomic mass is 9.99. The van der Waals surface area contributed by atoms with Gasteiger partial charge in [0.2, 0.25) is 0 Å². The lowest BCUT2D eigenvalue weighted by Gasteiger charge is -2.19. The average molecular weight is 298 g/mol. The SMILES string of the molecule is Cc1ccc(C)c(CN2C(=O)N[C@](C)(c3ccco3)C2=O)c1. The van der Waals surface area contributed by atoms with Crippen molar-refractivity contribution < 1.29 is 14.0 Å². The molecule has 2 aromatic rings. The van der Waals surface area contributed by atoms with Gasteiger partial charge in [-0.3, -0.25) is 9.69 Å². The van der Waals surface area contributed by atoms with E-state index in [2.05, 4.69) is 5.32 Å². The van der Waals surface area contributed by atoms with Gasteiger partial charge in [-0.15, -0.1) is 0 Å². The first-order valence-electron chi connectivity index (χ1n) is 7.16. The van der Waals surface area contributed by atoms with Crippen LogP contribution in [0.25, 0.3) is 0 Å². The van der Waals surface area contributed by atoms with Crippen LogP contribution in [0.4, 0.5) is 4.79 Å². The minimum Gasteiger partial charge on any atom is -0.466 e. The molecule has 0 aliphatic carbocycles. The topological polar surface area (TPSA) is 62.6 Å². The maximum atomic E-state index is 12.7. The Morgan fingerprint density at radius 1 is 1.23 bits per heavy atom. The molecule has 5 heteroatoms. The van der Waals surface area contributed by atoms with E-state index in [1.165, 1.54) is 11.2 Å². The van der Waals surface area contributed by atoms with Crippen LogP contribution in [0.2, 0.25) is 0 Å². The Labute approximate surface area is 128 Å². The summed E-state index contributed by atoms with van der Waals surface area (Å²) in [5.41, 5.74) is 1.98. The van der Waals surface area contributed by atoms with Crippen molar-refractivity contribution >= 4 is 11.9 Å². The summed E-state index contributed by atoms with van der Waals surface area (Å²) in [4.78, 5) is 26.2. The van der Waals surface area contributed by atoms with Crippen LogP contribution >= 0.6 is 0 Å². The van der Waals surface area contributed by atoms with Gasteiger partial charge in [0.1, 0.15) is 5.76 Å². The number of furan rings is 1. The molecule has 0 spiro atoms. The second kappa shape index (κ2) is 5.02. The van der Waals surface area contributed by atoms with E-state index in [4.69, 9.17) is 4.42 Å². The molecule has 1 aromatic carbocycles. The first kappa shape index (κ1) is 14.4.